The van der Waals surface area contributed by atoms with Gasteiger partial charge >= 0.3 is 5.97 Å². The van der Waals surface area contributed by atoms with Crippen molar-refractivity contribution in [2.75, 3.05) is 45.1 Å². The van der Waals surface area contributed by atoms with Crippen LogP contribution in [0.25, 0.3) is 0 Å². The molecule has 12 nitrogen and oxygen atoms in total. The van der Waals surface area contributed by atoms with Gasteiger partial charge in [-0.25, -0.2) is 13.2 Å². The van der Waals surface area contributed by atoms with E-state index < -0.39 is 51.5 Å². The smallest absolute Gasteiger partial charge is 0.329 e. The minimum absolute atomic E-state index is 0.0468. The zero-order valence-electron chi connectivity index (χ0n) is 26.7. The second-order valence-electron chi connectivity index (χ2n) is 13.0. The molecule has 0 aromatic heterocycles. The minimum atomic E-state index is -3.68. The number of morpholine rings is 1. The summed E-state index contributed by atoms with van der Waals surface area (Å²) in [7, 11) is -3.68. The first-order valence-corrected chi connectivity index (χ1v) is 17.5. The van der Waals surface area contributed by atoms with Crippen LogP contribution in [0.1, 0.15) is 44.7 Å². The lowest BCUT2D eigenvalue weighted by Gasteiger charge is -2.31. The van der Waals surface area contributed by atoms with Crippen LogP contribution in [-0.4, -0.2) is 104 Å². The quantitative estimate of drug-likeness (QED) is 0.462. The van der Waals surface area contributed by atoms with Gasteiger partial charge in [-0.15, -0.1) is 0 Å². The maximum absolute atomic E-state index is 14.1. The van der Waals surface area contributed by atoms with E-state index in [-0.39, 0.29) is 31.6 Å². The molecule has 2 N–H and O–H groups in total. The number of carbonyl (C=O) groups excluding carboxylic acids is 3. The van der Waals surface area contributed by atoms with Gasteiger partial charge in [0.25, 0.3) is 0 Å². The Morgan fingerprint density at radius 1 is 0.935 bits per heavy atom. The molecule has 3 atom stereocenters. The number of rotatable bonds is 5. The van der Waals surface area contributed by atoms with Crippen molar-refractivity contribution in [3.05, 3.63) is 59.7 Å². The molecule has 2 saturated heterocycles. The highest BCUT2D eigenvalue weighted by atomic mass is 32.2. The van der Waals surface area contributed by atoms with E-state index in [2.05, 4.69) is 15.5 Å². The number of hydrogen-bond donors (Lipinski definition) is 2. The first-order valence-electron chi connectivity index (χ1n) is 15.9. The average molecular weight is 657 g/mol. The summed E-state index contributed by atoms with van der Waals surface area (Å²) in [6, 6.07) is 11.2. The van der Waals surface area contributed by atoms with Gasteiger partial charge in [0, 0.05) is 32.6 Å². The third kappa shape index (κ3) is 9.05. The number of sulfonamides is 1. The second-order valence-corrected chi connectivity index (χ2v) is 15.0. The Labute approximate surface area is 270 Å². The number of ether oxygens (including phenoxy) is 3. The molecule has 2 amide bonds. The van der Waals surface area contributed by atoms with Crippen LogP contribution < -0.4 is 15.4 Å². The Balaban J connectivity index is 1.52. The molecular formula is C33H44N4O8S. The highest BCUT2D eigenvalue weighted by molar-refractivity contribution is 7.89. The Kier molecular flexibility index (Phi) is 10.7. The number of esters is 1. The predicted octanol–water partition coefficient (Wildman–Crippen LogP) is 2.02. The van der Waals surface area contributed by atoms with E-state index in [0.717, 1.165) is 5.56 Å². The molecule has 0 aliphatic carbocycles. The summed E-state index contributed by atoms with van der Waals surface area (Å²) in [4.78, 5) is 43.6. The summed E-state index contributed by atoms with van der Waals surface area (Å²) in [6.07, 6.45) is 0.859. The molecule has 13 heteroatoms. The molecule has 4 bridgehead atoms. The maximum Gasteiger partial charge on any atom is 0.329 e. The lowest BCUT2D eigenvalue weighted by molar-refractivity contribution is -0.158. The van der Waals surface area contributed by atoms with E-state index in [1.807, 2.05) is 18.2 Å². The van der Waals surface area contributed by atoms with E-state index in [0.29, 0.717) is 56.3 Å². The number of fused-ring (bicyclic) bond motifs is 4. The van der Waals surface area contributed by atoms with Crippen molar-refractivity contribution in [1.29, 1.82) is 0 Å². The predicted molar refractivity (Wildman–Crippen MR) is 171 cm³/mol. The molecule has 2 aromatic rings. The zero-order valence-corrected chi connectivity index (χ0v) is 27.5. The van der Waals surface area contributed by atoms with Crippen molar-refractivity contribution in [2.45, 2.75) is 70.2 Å². The molecule has 2 fully saturated rings. The van der Waals surface area contributed by atoms with E-state index in [1.165, 1.54) is 4.31 Å². The van der Waals surface area contributed by atoms with Gasteiger partial charge in [0.05, 0.1) is 19.0 Å². The fraction of sp³-hybridized carbons (Fsp3) is 0.545. The fourth-order valence-corrected chi connectivity index (χ4v) is 7.61. The van der Waals surface area contributed by atoms with Crippen LogP contribution in [0, 0.1) is 0 Å². The van der Waals surface area contributed by atoms with Gasteiger partial charge in [0.15, 0.2) is 0 Å². The van der Waals surface area contributed by atoms with Crippen molar-refractivity contribution >= 4 is 27.8 Å². The highest BCUT2D eigenvalue weighted by Crippen LogP contribution is 2.27. The zero-order chi connectivity index (χ0) is 32.9. The monoisotopic (exact) mass is 656 g/mol. The van der Waals surface area contributed by atoms with Crippen LogP contribution in [0.2, 0.25) is 0 Å². The summed E-state index contributed by atoms with van der Waals surface area (Å²) in [5.41, 5.74) is 0.651. The number of nitrogens with zero attached hydrogens (tertiary/aromatic N) is 2. The second kappa shape index (κ2) is 14.5. The van der Waals surface area contributed by atoms with Gasteiger partial charge in [0.1, 0.15) is 35.2 Å². The number of amides is 2. The summed E-state index contributed by atoms with van der Waals surface area (Å²) in [5, 5.41) is 5.73. The Morgan fingerprint density at radius 3 is 2.20 bits per heavy atom. The number of benzene rings is 2. The van der Waals surface area contributed by atoms with Crippen molar-refractivity contribution < 1.29 is 37.0 Å². The van der Waals surface area contributed by atoms with E-state index in [9.17, 15) is 22.8 Å². The molecule has 250 valence electrons. The lowest BCUT2D eigenvalue weighted by atomic mass is 10.0. The third-order valence-electron chi connectivity index (χ3n) is 8.17. The molecule has 3 heterocycles. The van der Waals surface area contributed by atoms with Gasteiger partial charge in [0.2, 0.25) is 21.8 Å². The largest absolute Gasteiger partial charge is 0.458 e. The van der Waals surface area contributed by atoms with Crippen LogP contribution in [0.4, 0.5) is 0 Å². The molecule has 46 heavy (non-hydrogen) atoms. The maximum atomic E-state index is 14.1. The summed E-state index contributed by atoms with van der Waals surface area (Å²) < 4.78 is 44.7. The van der Waals surface area contributed by atoms with E-state index in [1.54, 1.807) is 51.1 Å². The average Bonchev–Trinajstić information content (AvgIpc) is 3.35. The number of carbonyl (C=O) groups is 3. The van der Waals surface area contributed by atoms with Crippen LogP contribution >= 0.6 is 0 Å². The van der Waals surface area contributed by atoms with Crippen molar-refractivity contribution in [3.63, 3.8) is 0 Å². The van der Waals surface area contributed by atoms with Gasteiger partial charge in [-0.2, -0.15) is 4.31 Å². The van der Waals surface area contributed by atoms with Crippen LogP contribution in [0.5, 0.6) is 11.5 Å². The first-order chi connectivity index (χ1) is 21.9. The van der Waals surface area contributed by atoms with Crippen molar-refractivity contribution in [2.24, 2.45) is 0 Å². The van der Waals surface area contributed by atoms with Crippen LogP contribution in [-0.2, 0) is 46.7 Å². The molecule has 5 rings (SSSR count). The Morgan fingerprint density at radius 2 is 1.59 bits per heavy atom. The SMILES string of the molecule is CC(C)(C)OC(=O)[C@@H]1Cc2cccc(c2)Oc2cccc(c2)C[C@H](N2CCCS2(=O)=O)C(=O)N[C@@H](CCN2CCOCC2)C(=O)N1. The van der Waals surface area contributed by atoms with Crippen molar-refractivity contribution in [3.8, 4) is 11.5 Å². The van der Waals surface area contributed by atoms with E-state index >= 15 is 0 Å². The van der Waals surface area contributed by atoms with E-state index in [4.69, 9.17) is 14.2 Å². The van der Waals surface area contributed by atoms with Gasteiger partial charge in [-0.05, 0) is 75.4 Å². The summed E-state index contributed by atoms with van der Waals surface area (Å²) >= 11 is 0. The molecule has 0 radical (unpaired) electrons. The standard InChI is InChI=1S/C33H44N4O8S/c1-33(2,3)45-32(40)28-21-23-7-4-9-25(19-23)44-26-10-5-8-24(20-26)22-29(37-12-6-18-46(37,41)42)31(39)34-27(30(38)35-28)11-13-36-14-16-43-17-15-36/h4-5,7-10,19-20,27-29H,6,11-18,21-22H2,1-3H3,(H,34,39)(H,35,38)/t27-,28-,29-/m0/s1. The molecule has 3 aliphatic rings. The molecular weight excluding hydrogens is 612 g/mol. The van der Waals surface area contributed by atoms with Gasteiger partial charge in [-0.1, -0.05) is 24.3 Å². The van der Waals surface area contributed by atoms with Crippen LogP contribution in [0.3, 0.4) is 0 Å². The highest BCUT2D eigenvalue weighted by Gasteiger charge is 2.40. The normalized spacial score (nSPS) is 24.8. The fourth-order valence-electron chi connectivity index (χ4n) is 5.91. The van der Waals surface area contributed by atoms with Crippen molar-refractivity contribution in [1.82, 2.24) is 19.8 Å². The minimum Gasteiger partial charge on any atom is -0.458 e. The lowest BCUT2D eigenvalue weighted by Crippen LogP contribution is -2.57. The molecule has 0 saturated carbocycles. The van der Waals surface area contributed by atoms with Gasteiger partial charge in [-0.3, -0.25) is 14.5 Å². The Bertz CT molecular complexity index is 1520. The van der Waals surface area contributed by atoms with Crippen LogP contribution in [0.15, 0.2) is 48.5 Å². The summed E-state index contributed by atoms with van der Waals surface area (Å²) in [6.45, 7) is 8.47. The first kappa shape index (κ1) is 33.8. The molecule has 0 spiro atoms. The Hall–Kier alpha value is -3.52. The summed E-state index contributed by atoms with van der Waals surface area (Å²) in [5.74, 6) is -0.747. The third-order valence-corrected chi connectivity index (χ3v) is 10.1. The molecule has 2 aromatic carbocycles. The number of hydrogen-bond acceptors (Lipinski definition) is 9. The molecule has 3 aliphatic heterocycles. The topological polar surface area (TPSA) is 144 Å². The molecule has 0 unspecified atom stereocenters. The number of nitrogens with one attached hydrogen (secondary N) is 2. The van der Waals surface area contributed by atoms with Gasteiger partial charge < -0.3 is 24.8 Å².